The van der Waals surface area contributed by atoms with Gasteiger partial charge in [0.05, 0.1) is 20.4 Å². The Labute approximate surface area is 125 Å². The second-order valence-electron chi connectivity index (χ2n) is 4.06. The van der Waals surface area contributed by atoms with E-state index in [1.165, 1.54) is 20.4 Å². The Kier molecular flexibility index (Phi) is 4.34. The first kappa shape index (κ1) is 14.5. The summed E-state index contributed by atoms with van der Waals surface area (Å²) in [6, 6.07) is 5.34. The Bertz CT molecular complexity index is 659. The molecular formula is C14H13BrN2O3. The molecule has 0 amide bonds. The van der Waals surface area contributed by atoms with Crippen LogP contribution < -0.4 is 9.47 Å². The Morgan fingerprint density at radius 2 is 2.00 bits per heavy atom. The van der Waals surface area contributed by atoms with Gasteiger partial charge < -0.3 is 9.47 Å². The molecule has 1 aromatic carbocycles. The molecule has 0 fully saturated rings. The average Bonchev–Trinajstić information content (AvgIpc) is 2.48. The van der Waals surface area contributed by atoms with Crippen molar-refractivity contribution in [1.29, 1.82) is 0 Å². The molecular weight excluding hydrogens is 324 g/mol. The molecule has 0 aliphatic heterocycles. The van der Waals surface area contributed by atoms with Crippen LogP contribution in [0.25, 0.3) is 0 Å². The predicted molar refractivity (Wildman–Crippen MR) is 77.4 cm³/mol. The second kappa shape index (κ2) is 6.00. The zero-order valence-electron chi connectivity index (χ0n) is 11.3. The Morgan fingerprint density at radius 3 is 2.60 bits per heavy atom. The molecule has 0 unspecified atom stereocenters. The van der Waals surface area contributed by atoms with Gasteiger partial charge in [0, 0.05) is 10.0 Å². The molecule has 1 aromatic heterocycles. The summed E-state index contributed by atoms with van der Waals surface area (Å²) in [7, 11) is 2.91. The molecule has 5 nitrogen and oxygen atoms in total. The summed E-state index contributed by atoms with van der Waals surface area (Å²) in [5.74, 6) is 0.202. The number of carbonyl (C=O) groups is 1. The SMILES string of the molecule is COc1cnc(C(=O)c2ccc(Br)c(C)c2)c(OC)n1. The third kappa shape index (κ3) is 2.80. The number of aromatic nitrogens is 2. The van der Waals surface area contributed by atoms with Crippen LogP contribution in [-0.4, -0.2) is 30.0 Å². The van der Waals surface area contributed by atoms with Crippen LogP contribution in [0.5, 0.6) is 11.8 Å². The molecule has 104 valence electrons. The van der Waals surface area contributed by atoms with Gasteiger partial charge >= 0.3 is 0 Å². The maximum Gasteiger partial charge on any atom is 0.247 e. The Hall–Kier alpha value is -1.95. The summed E-state index contributed by atoms with van der Waals surface area (Å²) in [5.41, 5.74) is 1.66. The standard InChI is InChI=1S/C14H13BrN2O3/c1-8-6-9(4-5-10(8)15)13(18)12-14(20-3)17-11(19-2)7-16-12/h4-7H,1-3H3. The highest BCUT2D eigenvalue weighted by Gasteiger charge is 2.19. The van der Waals surface area contributed by atoms with Crippen LogP contribution in [0.4, 0.5) is 0 Å². The number of rotatable bonds is 4. The van der Waals surface area contributed by atoms with Crippen molar-refractivity contribution in [3.05, 3.63) is 45.7 Å². The molecule has 2 rings (SSSR count). The van der Waals surface area contributed by atoms with E-state index < -0.39 is 0 Å². The predicted octanol–water partition coefficient (Wildman–Crippen LogP) is 2.80. The number of ketones is 1. The van der Waals surface area contributed by atoms with Gasteiger partial charge in [0.2, 0.25) is 17.5 Å². The van der Waals surface area contributed by atoms with E-state index in [-0.39, 0.29) is 17.4 Å². The van der Waals surface area contributed by atoms with Crippen molar-refractivity contribution in [3.8, 4) is 11.8 Å². The Morgan fingerprint density at radius 1 is 1.25 bits per heavy atom. The topological polar surface area (TPSA) is 61.3 Å². The lowest BCUT2D eigenvalue weighted by Crippen LogP contribution is -2.09. The van der Waals surface area contributed by atoms with E-state index >= 15 is 0 Å². The lowest BCUT2D eigenvalue weighted by Gasteiger charge is -2.08. The summed E-state index contributed by atoms with van der Waals surface area (Å²) < 4.78 is 11.0. The third-order valence-electron chi connectivity index (χ3n) is 2.76. The number of aryl methyl sites for hydroxylation is 1. The molecule has 0 atom stereocenters. The van der Waals surface area contributed by atoms with E-state index in [9.17, 15) is 4.79 Å². The second-order valence-corrected chi connectivity index (χ2v) is 4.92. The highest BCUT2D eigenvalue weighted by atomic mass is 79.9. The van der Waals surface area contributed by atoms with Crippen LogP contribution in [0, 0.1) is 6.92 Å². The van der Waals surface area contributed by atoms with Crippen molar-refractivity contribution in [1.82, 2.24) is 9.97 Å². The molecule has 6 heteroatoms. The molecule has 20 heavy (non-hydrogen) atoms. The van der Waals surface area contributed by atoms with Crippen LogP contribution in [0.15, 0.2) is 28.9 Å². The Balaban J connectivity index is 2.44. The van der Waals surface area contributed by atoms with Gasteiger partial charge in [0.1, 0.15) is 0 Å². The molecule has 0 saturated carbocycles. The maximum atomic E-state index is 12.5. The summed E-state index contributed by atoms with van der Waals surface area (Å²) in [6.45, 7) is 1.91. The van der Waals surface area contributed by atoms with Crippen LogP contribution in [0.1, 0.15) is 21.6 Å². The van der Waals surface area contributed by atoms with Gasteiger partial charge in [-0.1, -0.05) is 15.9 Å². The average molecular weight is 337 g/mol. The largest absolute Gasteiger partial charge is 0.480 e. The van der Waals surface area contributed by atoms with Gasteiger partial charge in [-0.2, -0.15) is 4.98 Å². The van der Waals surface area contributed by atoms with E-state index in [0.29, 0.717) is 11.4 Å². The number of hydrogen-bond acceptors (Lipinski definition) is 5. The number of hydrogen-bond donors (Lipinski definition) is 0. The molecule has 0 N–H and O–H groups in total. The molecule has 0 spiro atoms. The van der Waals surface area contributed by atoms with Crippen LogP contribution in [0.3, 0.4) is 0 Å². The third-order valence-corrected chi connectivity index (χ3v) is 3.65. The lowest BCUT2D eigenvalue weighted by atomic mass is 10.1. The van der Waals surface area contributed by atoms with Crippen LogP contribution in [0.2, 0.25) is 0 Å². The normalized spacial score (nSPS) is 10.2. The van der Waals surface area contributed by atoms with Gasteiger partial charge in [0.15, 0.2) is 5.69 Å². The number of methoxy groups -OCH3 is 2. The smallest absolute Gasteiger partial charge is 0.247 e. The van der Waals surface area contributed by atoms with Gasteiger partial charge in [-0.15, -0.1) is 0 Å². The number of carbonyl (C=O) groups excluding carboxylic acids is 1. The zero-order chi connectivity index (χ0) is 14.7. The van der Waals surface area contributed by atoms with Gasteiger partial charge in [0.25, 0.3) is 0 Å². The highest BCUT2D eigenvalue weighted by molar-refractivity contribution is 9.10. The summed E-state index contributed by atoms with van der Waals surface area (Å²) in [6.07, 6.45) is 1.39. The molecule has 0 radical (unpaired) electrons. The van der Waals surface area contributed by atoms with E-state index in [1.807, 2.05) is 13.0 Å². The van der Waals surface area contributed by atoms with Crippen molar-refractivity contribution >= 4 is 21.7 Å². The monoisotopic (exact) mass is 336 g/mol. The first-order valence-electron chi connectivity index (χ1n) is 5.82. The molecule has 0 aliphatic carbocycles. The maximum absolute atomic E-state index is 12.5. The summed E-state index contributed by atoms with van der Waals surface area (Å²) in [4.78, 5) is 20.6. The molecule has 1 heterocycles. The van der Waals surface area contributed by atoms with Crippen molar-refractivity contribution in [2.24, 2.45) is 0 Å². The minimum absolute atomic E-state index is 0.148. The fourth-order valence-corrected chi connectivity index (χ4v) is 1.92. The first-order chi connectivity index (χ1) is 9.56. The van der Waals surface area contributed by atoms with E-state index in [4.69, 9.17) is 9.47 Å². The van der Waals surface area contributed by atoms with Crippen molar-refractivity contribution in [3.63, 3.8) is 0 Å². The fraction of sp³-hybridized carbons (Fsp3) is 0.214. The fourth-order valence-electron chi connectivity index (χ4n) is 1.68. The summed E-state index contributed by atoms with van der Waals surface area (Å²) >= 11 is 3.40. The van der Waals surface area contributed by atoms with Crippen LogP contribution in [-0.2, 0) is 0 Å². The van der Waals surface area contributed by atoms with Gasteiger partial charge in [-0.05, 0) is 30.7 Å². The lowest BCUT2D eigenvalue weighted by molar-refractivity contribution is 0.103. The van der Waals surface area contributed by atoms with Crippen LogP contribution >= 0.6 is 15.9 Å². The molecule has 0 saturated heterocycles. The van der Waals surface area contributed by atoms with Crippen molar-refractivity contribution < 1.29 is 14.3 Å². The minimum Gasteiger partial charge on any atom is -0.480 e. The van der Waals surface area contributed by atoms with Crippen molar-refractivity contribution in [2.45, 2.75) is 6.92 Å². The number of nitrogens with zero attached hydrogens (tertiary/aromatic N) is 2. The zero-order valence-corrected chi connectivity index (χ0v) is 12.9. The first-order valence-corrected chi connectivity index (χ1v) is 6.62. The van der Waals surface area contributed by atoms with Gasteiger partial charge in [-0.3, -0.25) is 4.79 Å². The van der Waals surface area contributed by atoms with E-state index in [0.717, 1.165) is 10.0 Å². The van der Waals surface area contributed by atoms with Crippen molar-refractivity contribution in [2.75, 3.05) is 14.2 Å². The molecule has 2 aromatic rings. The minimum atomic E-state index is -0.243. The van der Waals surface area contributed by atoms with E-state index in [1.54, 1.807) is 12.1 Å². The highest BCUT2D eigenvalue weighted by Crippen LogP contribution is 2.23. The van der Waals surface area contributed by atoms with E-state index in [2.05, 4.69) is 25.9 Å². The number of ether oxygens (including phenoxy) is 2. The van der Waals surface area contributed by atoms with Gasteiger partial charge in [-0.25, -0.2) is 4.98 Å². The number of halogens is 1. The molecule has 0 bridgehead atoms. The summed E-state index contributed by atoms with van der Waals surface area (Å²) in [5, 5.41) is 0. The number of benzene rings is 1. The molecule has 0 aliphatic rings. The quantitative estimate of drug-likeness (QED) is 0.803.